The van der Waals surface area contributed by atoms with Crippen molar-refractivity contribution in [3.63, 3.8) is 0 Å². The second-order valence-corrected chi connectivity index (χ2v) is 6.36. The molecular weight excluding hydrogens is 353 g/mol. The van der Waals surface area contributed by atoms with Crippen molar-refractivity contribution in [1.29, 1.82) is 0 Å². The first-order valence-corrected chi connectivity index (χ1v) is 8.42. The van der Waals surface area contributed by atoms with E-state index in [-0.39, 0.29) is 11.1 Å². The van der Waals surface area contributed by atoms with Gasteiger partial charge in [0.05, 0.1) is 12.2 Å². The van der Waals surface area contributed by atoms with Crippen LogP contribution in [0.1, 0.15) is 16.8 Å². The predicted octanol–water partition coefficient (Wildman–Crippen LogP) is 1.05. The van der Waals surface area contributed by atoms with E-state index < -0.39 is 18.1 Å². The zero-order valence-electron chi connectivity index (χ0n) is 14.7. The van der Waals surface area contributed by atoms with Crippen LogP contribution < -0.4 is 21.5 Å². The number of alkyl halides is 1. The molecule has 0 unspecified atom stereocenters. The number of fused-ring (bicyclic) bond motifs is 1. The summed E-state index contributed by atoms with van der Waals surface area (Å²) in [4.78, 5) is 29.1. The lowest BCUT2D eigenvalue weighted by Gasteiger charge is -2.10. The number of aromatic nitrogens is 4. The minimum atomic E-state index is -0.997. The molecule has 3 aromatic heterocycles. The highest BCUT2D eigenvalue weighted by Gasteiger charge is 2.39. The van der Waals surface area contributed by atoms with E-state index in [1.807, 2.05) is 0 Å². The maximum atomic E-state index is 13.1. The van der Waals surface area contributed by atoms with Crippen LogP contribution in [0.2, 0.25) is 0 Å². The highest BCUT2D eigenvalue weighted by Crippen LogP contribution is 2.26. The van der Waals surface area contributed by atoms with Crippen LogP contribution in [0.5, 0.6) is 0 Å². The number of anilines is 3. The first-order chi connectivity index (χ1) is 13.0. The van der Waals surface area contributed by atoms with E-state index in [0.29, 0.717) is 29.4 Å². The average molecular weight is 371 g/mol. The Labute approximate surface area is 153 Å². The highest BCUT2D eigenvalue weighted by molar-refractivity contribution is 6.00. The van der Waals surface area contributed by atoms with Gasteiger partial charge >= 0.3 is 0 Å². The molecule has 2 atom stereocenters. The Kier molecular flexibility index (Phi) is 4.02. The zero-order valence-corrected chi connectivity index (χ0v) is 14.7. The molecule has 1 amide bonds. The summed E-state index contributed by atoms with van der Waals surface area (Å²) in [5, 5.41) is 12.8. The first kappa shape index (κ1) is 17.0. The molecule has 1 aliphatic carbocycles. The van der Waals surface area contributed by atoms with Gasteiger partial charge in [-0.15, -0.1) is 0 Å². The summed E-state index contributed by atoms with van der Waals surface area (Å²) in [5.41, 5.74) is 0.669. The first-order valence-electron chi connectivity index (χ1n) is 8.42. The number of rotatable bonds is 5. The molecule has 0 aliphatic heterocycles. The molecule has 0 spiro atoms. The molecule has 27 heavy (non-hydrogen) atoms. The molecule has 3 N–H and O–H groups in total. The normalized spacial score (nSPS) is 18.3. The number of hydrogen-bond acceptors (Lipinski definition) is 6. The number of carbonyl (C=O) groups is 1. The molecule has 1 aliphatic rings. The summed E-state index contributed by atoms with van der Waals surface area (Å²) in [7, 11) is 3.36. The van der Waals surface area contributed by atoms with Crippen molar-refractivity contribution in [3.05, 3.63) is 46.5 Å². The van der Waals surface area contributed by atoms with E-state index in [1.165, 1.54) is 15.3 Å². The maximum absolute atomic E-state index is 13.1. The van der Waals surface area contributed by atoms with Gasteiger partial charge in [0.2, 0.25) is 0 Å². The van der Waals surface area contributed by atoms with Crippen LogP contribution in [0, 0.1) is 0 Å². The largest absolute Gasteiger partial charge is 0.373 e. The Morgan fingerprint density at radius 3 is 2.89 bits per heavy atom. The van der Waals surface area contributed by atoms with Crippen molar-refractivity contribution in [1.82, 2.24) is 24.5 Å². The monoisotopic (exact) mass is 371 g/mol. The van der Waals surface area contributed by atoms with Crippen molar-refractivity contribution in [2.24, 2.45) is 7.05 Å². The van der Waals surface area contributed by atoms with Crippen molar-refractivity contribution in [3.8, 4) is 0 Å². The van der Waals surface area contributed by atoms with Crippen molar-refractivity contribution >= 4 is 28.9 Å². The fourth-order valence-corrected chi connectivity index (χ4v) is 2.76. The Hall–Kier alpha value is -3.43. The third kappa shape index (κ3) is 3.09. The Morgan fingerprint density at radius 1 is 1.41 bits per heavy atom. The van der Waals surface area contributed by atoms with E-state index in [0.717, 1.165) is 0 Å². The summed E-state index contributed by atoms with van der Waals surface area (Å²) in [6.45, 7) is 0. The molecule has 3 heterocycles. The van der Waals surface area contributed by atoms with Gasteiger partial charge < -0.3 is 20.5 Å². The lowest BCUT2D eigenvalue weighted by Crippen LogP contribution is -2.27. The highest BCUT2D eigenvalue weighted by atomic mass is 19.1. The molecule has 0 bridgehead atoms. The summed E-state index contributed by atoms with van der Waals surface area (Å²) in [6, 6.07) is 4.60. The fourth-order valence-electron chi connectivity index (χ4n) is 2.76. The van der Waals surface area contributed by atoms with Gasteiger partial charge in [0, 0.05) is 32.8 Å². The minimum Gasteiger partial charge on any atom is -0.373 e. The quantitative estimate of drug-likeness (QED) is 0.619. The smallest absolute Gasteiger partial charge is 0.274 e. The molecule has 3 aromatic rings. The third-order valence-electron chi connectivity index (χ3n) is 4.39. The summed E-state index contributed by atoms with van der Waals surface area (Å²) < 4.78 is 16.0. The lowest BCUT2D eigenvalue weighted by molar-refractivity contribution is 0.0949. The Balaban J connectivity index is 1.73. The van der Waals surface area contributed by atoms with Crippen molar-refractivity contribution < 1.29 is 9.18 Å². The molecule has 0 aromatic carbocycles. The fraction of sp³-hybridized carbons (Fsp3) is 0.294. The number of amides is 1. The van der Waals surface area contributed by atoms with Gasteiger partial charge in [0.25, 0.3) is 11.5 Å². The van der Waals surface area contributed by atoms with Crippen LogP contribution in [-0.2, 0) is 7.05 Å². The van der Waals surface area contributed by atoms with Gasteiger partial charge in [0.1, 0.15) is 29.1 Å². The van der Waals surface area contributed by atoms with Crippen molar-refractivity contribution in [2.45, 2.75) is 18.6 Å². The van der Waals surface area contributed by atoms with Gasteiger partial charge in [-0.05, 0) is 12.1 Å². The van der Waals surface area contributed by atoms with E-state index in [4.69, 9.17) is 0 Å². The molecular formula is C17H18FN7O2. The van der Waals surface area contributed by atoms with Crippen LogP contribution in [0.15, 0.2) is 35.4 Å². The lowest BCUT2D eigenvalue weighted by atomic mass is 10.3. The molecule has 140 valence electrons. The SMILES string of the molecule is CNc1cc(Nc2cccn(C)c2=O)nc2c(C(=O)N[C@H]3C[C@H]3F)cnn12. The molecule has 1 fully saturated rings. The summed E-state index contributed by atoms with van der Waals surface area (Å²) in [6.07, 6.45) is 2.37. The van der Waals surface area contributed by atoms with Crippen LogP contribution in [0.3, 0.4) is 0 Å². The maximum Gasteiger partial charge on any atom is 0.274 e. The topological polar surface area (TPSA) is 105 Å². The van der Waals surface area contributed by atoms with E-state index in [9.17, 15) is 14.0 Å². The van der Waals surface area contributed by atoms with Crippen molar-refractivity contribution in [2.75, 3.05) is 17.7 Å². The number of pyridine rings is 1. The van der Waals surface area contributed by atoms with Crippen LogP contribution >= 0.6 is 0 Å². The standard InChI is InChI=1S/C17H18FN7O2/c1-19-14-7-13(21-11-4-3-5-24(2)17(11)27)23-15-9(8-20-25(14)15)16(26)22-12-6-10(12)18/h3-5,7-8,10,12,19H,6H2,1-2H3,(H,21,23)(H,22,26)/t10-,12+/m1/s1. The molecule has 1 saturated carbocycles. The summed E-state index contributed by atoms with van der Waals surface area (Å²) >= 11 is 0. The Morgan fingerprint density at radius 2 is 2.19 bits per heavy atom. The van der Waals surface area contributed by atoms with E-state index in [2.05, 4.69) is 26.0 Å². The number of carbonyl (C=O) groups excluding carboxylic acids is 1. The second kappa shape index (κ2) is 6.38. The van der Waals surface area contributed by atoms with Gasteiger partial charge in [-0.1, -0.05) is 0 Å². The van der Waals surface area contributed by atoms with Gasteiger partial charge in [-0.3, -0.25) is 9.59 Å². The van der Waals surface area contributed by atoms with Crippen LogP contribution in [0.25, 0.3) is 5.65 Å². The molecule has 4 rings (SSSR count). The number of halogens is 1. The molecule has 0 radical (unpaired) electrons. The number of nitrogens with zero attached hydrogens (tertiary/aromatic N) is 4. The molecule has 9 nitrogen and oxygen atoms in total. The van der Waals surface area contributed by atoms with Crippen LogP contribution in [0.4, 0.5) is 21.7 Å². The zero-order chi connectivity index (χ0) is 19.1. The van der Waals surface area contributed by atoms with Gasteiger partial charge in [0.15, 0.2) is 5.65 Å². The minimum absolute atomic E-state index is 0.209. The number of nitrogens with one attached hydrogen (secondary N) is 3. The average Bonchev–Trinajstić information content (AvgIpc) is 3.16. The summed E-state index contributed by atoms with van der Waals surface area (Å²) in [5.74, 6) is 0.515. The van der Waals surface area contributed by atoms with Gasteiger partial charge in [-0.25, -0.2) is 9.37 Å². The van der Waals surface area contributed by atoms with E-state index in [1.54, 1.807) is 38.5 Å². The third-order valence-corrected chi connectivity index (χ3v) is 4.39. The molecule has 10 heteroatoms. The number of hydrogen-bond donors (Lipinski definition) is 3. The second-order valence-electron chi connectivity index (χ2n) is 6.36. The van der Waals surface area contributed by atoms with Crippen LogP contribution in [-0.4, -0.2) is 44.3 Å². The molecule has 0 saturated heterocycles. The Bertz CT molecular complexity index is 1090. The predicted molar refractivity (Wildman–Crippen MR) is 98.3 cm³/mol. The number of aryl methyl sites for hydroxylation is 1. The van der Waals surface area contributed by atoms with Gasteiger partial charge in [-0.2, -0.15) is 9.61 Å². The van der Waals surface area contributed by atoms with E-state index >= 15 is 0 Å².